The number of halogens is 1. The van der Waals surface area contributed by atoms with E-state index >= 15 is 0 Å². The van der Waals surface area contributed by atoms with Gasteiger partial charge in [0.25, 0.3) is 0 Å². The molecule has 0 spiro atoms. The number of hydrogen-bond acceptors (Lipinski definition) is 5. The molecule has 142 valence electrons. The molecule has 0 aliphatic rings. The summed E-state index contributed by atoms with van der Waals surface area (Å²) in [5, 5.41) is 6.94. The summed E-state index contributed by atoms with van der Waals surface area (Å²) in [7, 11) is 3.61. The van der Waals surface area contributed by atoms with Crippen molar-refractivity contribution in [2.75, 3.05) is 24.3 Å². The van der Waals surface area contributed by atoms with E-state index in [2.05, 4.69) is 15.4 Å². The van der Waals surface area contributed by atoms with Gasteiger partial charge >= 0.3 is 5.69 Å². The van der Waals surface area contributed by atoms with Gasteiger partial charge in [-0.2, -0.15) is 0 Å². The van der Waals surface area contributed by atoms with Crippen molar-refractivity contribution < 1.29 is 9.18 Å². The molecule has 4 aromatic rings. The van der Waals surface area contributed by atoms with E-state index in [9.17, 15) is 14.0 Å². The molecule has 0 fully saturated rings. The highest BCUT2D eigenvalue weighted by atomic mass is 19.1. The van der Waals surface area contributed by atoms with Gasteiger partial charge in [0.1, 0.15) is 12.4 Å². The molecule has 0 aliphatic heterocycles. The second-order valence-electron chi connectivity index (χ2n) is 6.47. The summed E-state index contributed by atoms with van der Waals surface area (Å²) < 4.78 is 15.5. The number of anilines is 2. The van der Waals surface area contributed by atoms with Crippen LogP contribution >= 0.6 is 0 Å². The molecule has 9 heteroatoms. The lowest BCUT2D eigenvalue weighted by Crippen LogP contribution is -2.28. The van der Waals surface area contributed by atoms with Crippen molar-refractivity contribution in [3.63, 3.8) is 0 Å². The fraction of sp³-hybridized carbons (Fsp3) is 0.158. The normalized spacial score (nSPS) is 11.1. The van der Waals surface area contributed by atoms with Crippen LogP contribution in [0.25, 0.3) is 16.7 Å². The van der Waals surface area contributed by atoms with Crippen molar-refractivity contribution in [3.05, 3.63) is 64.8 Å². The van der Waals surface area contributed by atoms with Crippen molar-refractivity contribution >= 4 is 34.1 Å². The quantitative estimate of drug-likeness (QED) is 0.584. The van der Waals surface area contributed by atoms with E-state index in [0.29, 0.717) is 28.2 Å². The van der Waals surface area contributed by atoms with Crippen LogP contribution in [0.3, 0.4) is 0 Å². The fourth-order valence-corrected chi connectivity index (χ4v) is 2.95. The van der Waals surface area contributed by atoms with Gasteiger partial charge in [-0.1, -0.05) is 12.1 Å². The third-order valence-electron chi connectivity index (χ3n) is 4.23. The number of aromatic nitrogens is 4. The van der Waals surface area contributed by atoms with Crippen LogP contribution in [0.15, 0.2) is 53.3 Å². The number of nitrogens with zero attached hydrogens (tertiary/aromatic N) is 5. The van der Waals surface area contributed by atoms with Crippen LogP contribution < -0.4 is 15.9 Å². The minimum Gasteiger partial charge on any atom is -0.360 e. The zero-order valence-corrected chi connectivity index (χ0v) is 15.3. The first-order valence-electron chi connectivity index (χ1n) is 8.55. The maximum Gasteiger partial charge on any atom is 0.351 e. The van der Waals surface area contributed by atoms with Crippen LogP contribution in [-0.4, -0.2) is 39.2 Å². The number of para-hydroxylation sites is 2. The van der Waals surface area contributed by atoms with Crippen molar-refractivity contribution in [1.82, 2.24) is 19.2 Å². The predicted molar refractivity (Wildman–Crippen MR) is 104 cm³/mol. The highest BCUT2D eigenvalue weighted by Crippen LogP contribution is 2.20. The zero-order valence-electron chi connectivity index (χ0n) is 15.3. The van der Waals surface area contributed by atoms with Crippen molar-refractivity contribution in [2.45, 2.75) is 6.54 Å². The van der Waals surface area contributed by atoms with Crippen molar-refractivity contribution in [3.8, 4) is 0 Å². The smallest absolute Gasteiger partial charge is 0.351 e. The average Bonchev–Trinajstić information content (AvgIpc) is 2.99. The van der Waals surface area contributed by atoms with Gasteiger partial charge in [-0.05, 0) is 36.4 Å². The number of benzene rings is 2. The Morgan fingerprint density at radius 2 is 1.86 bits per heavy atom. The highest BCUT2D eigenvalue weighted by Gasteiger charge is 2.18. The van der Waals surface area contributed by atoms with Crippen molar-refractivity contribution in [2.24, 2.45) is 0 Å². The van der Waals surface area contributed by atoms with E-state index in [4.69, 9.17) is 0 Å². The number of carbonyl (C=O) groups is 1. The lowest BCUT2D eigenvalue weighted by molar-refractivity contribution is -0.117. The Balaban J connectivity index is 1.76. The molecule has 0 saturated carbocycles. The Morgan fingerprint density at radius 1 is 1.14 bits per heavy atom. The highest BCUT2D eigenvalue weighted by molar-refractivity contribution is 5.90. The van der Waals surface area contributed by atoms with Crippen molar-refractivity contribution in [1.29, 1.82) is 0 Å². The number of amides is 1. The lowest BCUT2D eigenvalue weighted by atomic mass is 10.3. The Morgan fingerprint density at radius 3 is 2.57 bits per heavy atom. The van der Waals surface area contributed by atoms with E-state index < -0.39 is 17.4 Å². The second-order valence-corrected chi connectivity index (χ2v) is 6.47. The molecule has 0 radical (unpaired) electrons. The first kappa shape index (κ1) is 17.7. The molecule has 28 heavy (non-hydrogen) atoms. The molecule has 4 rings (SSSR count). The molecule has 1 N–H and O–H groups in total. The minimum atomic E-state index is -0.444. The van der Waals surface area contributed by atoms with E-state index in [1.807, 2.05) is 32.3 Å². The SMILES string of the molecule is CN(C)c1nc2ccccc2n2c(=O)n(CC(=O)Nc3ccc(F)cc3)nc12. The standard InChI is InChI=1S/C19H17FN6O2/c1-24(2)17-18-23-25(11-16(27)21-13-9-7-12(20)8-10-13)19(28)26(18)15-6-4-3-5-14(15)22-17/h3-10H,11H2,1-2H3,(H,21,27). The number of fused-ring (bicyclic) bond motifs is 3. The molecule has 2 aromatic carbocycles. The number of hydrogen-bond donors (Lipinski definition) is 1. The Kier molecular flexibility index (Phi) is 4.26. The van der Waals surface area contributed by atoms with Gasteiger partial charge in [-0.3, -0.25) is 4.79 Å². The molecule has 0 aliphatic carbocycles. The maximum absolute atomic E-state index is 13.0. The molecule has 0 bridgehead atoms. The molecule has 0 unspecified atom stereocenters. The van der Waals surface area contributed by atoms with Gasteiger partial charge < -0.3 is 10.2 Å². The molecule has 1 amide bonds. The minimum absolute atomic E-state index is 0.279. The molecule has 2 heterocycles. The topological polar surface area (TPSA) is 84.5 Å². The fourth-order valence-electron chi connectivity index (χ4n) is 2.95. The summed E-state index contributed by atoms with van der Waals surface area (Å²) in [6.07, 6.45) is 0. The van der Waals surface area contributed by atoms with Gasteiger partial charge in [-0.25, -0.2) is 23.3 Å². The van der Waals surface area contributed by atoms with Crippen LogP contribution in [-0.2, 0) is 11.3 Å². The van der Waals surface area contributed by atoms with Gasteiger partial charge in [0.2, 0.25) is 11.6 Å². The zero-order chi connectivity index (χ0) is 19.8. The maximum atomic E-state index is 13.0. The Labute approximate surface area is 158 Å². The van der Waals surface area contributed by atoms with Crippen LogP contribution in [0.4, 0.5) is 15.9 Å². The van der Waals surface area contributed by atoms with Gasteiger partial charge in [0.05, 0.1) is 11.0 Å². The number of carbonyl (C=O) groups excluding carboxylic acids is 1. The number of rotatable bonds is 4. The largest absolute Gasteiger partial charge is 0.360 e. The van der Waals surface area contributed by atoms with E-state index in [1.54, 1.807) is 11.0 Å². The van der Waals surface area contributed by atoms with E-state index in [-0.39, 0.29) is 6.54 Å². The van der Waals surface area contributed by atoms with E-state index in [0.717, 1.165) is 4.68 Å². The summed E-state index contributed by atoms with van der Waals surface area (Å²) in [6.45, 7) is -0.279. The third kappa shape index (κ3) is 3.07. The Hall–Kier alpha value is -3.75. The molecule has 0 atom stereocenters. The third-order valence-corrected chi connectivity index (χ3v) is 4.23. The molecular formula is C19H17FN6O2. The Bertz CT molecular complexity index is 1240. The monoisotopic (exact) mass is 380 g/mol. The average molecular weight is 380 g/mol. The molecular weight excluding hydrogens is 363 g/mol. The molecule has 8 nitrogen and oxygen atoms in total. The van der Waals surface area contributed by atoms with Gasteiger partial charge in [0, 0.05) is 19.8 Å². The van der Waals surface area contributed by atoms with Crippen LogP contribution in [0.2, 0.25) is 0 Å². The van der Waals surface area contributed by atoms with Crippen LogP contribution in [0.1, 0.15) is 0 Å². The first-order chi connectivity index (χ1) is 13.4. The second kappa shape index (κ2) is 6.76. The van der Waals surface area contributed by atoms with Crippen LogP contribution in [0, 0.1) is 5.82 Å². The molecule has 2 aromatic heterocycles. The van der Waals surface area contributed by atoms with Crippen LogP contribution in [0.5, 0.6) is 0 Å². The predicted octanol–water partition coefficient (Wildman–Crippen LogP) is 1.89. The van der Waals surface area contributed by atoms with Gasteiger partial charge in [-0.15, -0.1) is 5.10 Å². The number of nitrogens with one attached hydrogen (secondary N) is 1. The lowest BCUT2D eigenvalue weighted by Gasteiger charge is -2.12. The van der Waals surface area contributed by atoms with E-state index in [1.165, 1.54) is 28.7 Å². The summed E-state index contributed by atoms with van der Waals surface area (Å²) in [5.41, 5.74) is 1.62. The summed E-state index contributed by atoms with van der Waals surface area (Å²) in [6, 6.07) is 12.6. The summed E-state index contributed by atoms with van der Waals surface area (Å²) >= 11 is 0. The van der Waals surface area contributed by atoms with Gasteiger partial charge in [0.15, 0.2) is 5.82 Å². The first-order valence-corrected chi connectivity index (χ1v) is 8.55. The summed E-state index contributed by atoms with van der Waals surface area (Å²) in [5.74, 6) is -0.320. The molecule has 0 saturated heterocycles. The summed E-state index contributed by atoms with van der Waals surface area (Å²) in [4.78, 5) is 31.6.